The summed E-state index contributed by atoms with van der Waals surface area (Å²) < 4.78 is 0. The Kier molecular flexibility index (Phi) is 3.24. The third-order valence-corrected chi connectivity index (χ3v) is 2.82. The molecule has 98 valence electrons. The average Bonchev–Trinajstić information content (AvgIpc) is 2.94. The first-order chi connectivity index (χ1) is 9.81. The van der Waals surface area contributed by atoms with E-state index in [9.17, 15) is 4.79 Å². The van der Waals surface area contributed by atoms with Crippen molar-refractivity contribution in [3.8, 4) is 0 Å². The molecule has 0 atom stereocenters. The lowest BCUT2D eigenvalue weighted by Gasteiger charge is -2.01. The summed E-state index contributed by atoms with van der Waals surface area (Å²) in [6.45, 7) is 0. The van der Waals surface area contributed by atoms with E-state index in [2.05, 4.69) is 20.7 Å². The minimum Gasteiger partial charge on any atom is -0.322 e. The Morgan fingerprint density at radius 2 is 2.00 bits per heavy atom. The van der Waals surface area contributed by atoms with Crippen LogP contribution < -0.4 is 5.32 Å². The zero-order valence-corrected chi connectivity index (χ0v) is 10.6. The van der Waals surface area contributed by atoms with E-state index < -0.39 is 0 Å². The fourth-order valence-corrected chi connectivity index (χ4v) is 1.84. The first-order valence-electron chi connectivity index (χ1n) is 6.16. The molecule has 0 aliphatic rings. The second kappa shape index (κ2) is 5.36. The number of carbonyl (C=O) groups is 1. The third-order valence-electron chi connectivity index (χ3n) is 2.82. The SMILES string of the molecule is O=C(/C=C/c1ccccc1)Nc1ccc2[nH]nnc2c1. The monoisotopic (exact) mass is 264 g/mol. The van der Waals surface area contributed by atoms with Crippen LogP contribution in [-0.4, -0.2) is 21.3 Å². The number of amides is 1. The Balaban J connectivity index is 1.70. The van der Waals surface area contributed by atoms with Gasteiger partial charge in [-0.05, 0) is 29.8 Å². The molecule has 0 aliphatic heterocycles. The van der Waals surface area contributed by atoms with E-state index in [1.165, 1.54) is 6.08 Å². The van der Waals surface area contributed by atoms with Crippen LogP contribution in [0.15, 0.2) is 54.6 Å². The highest BCUT2D eigenvalue weighted by molar-refractivity contribution is 6.02. The number of carbonyl (C=O) groups excluding carboxylic acids is 1. The van der Waals surface area contributed by atoms with Crippen molar-refractivity contribution in [3.63, 3.8) is 0 Å². The molecular weight excluding hydrogens is 252 g/mol. The Morgan fingerprint density at radius 1 is 1.15 bits per heavy atom. The molecule has 5 nitrogen and oxygen atoms in total. The molecule has 0 bridgehead atoms. The van der Waals surface area contributed by atoms with Crippen LogP contribution in [0.5, 0.6) is 0 Å². The van der Waals surface area contributed by atoms with Crippen LogP contribution in [0.4, 0.5) is 5.69 Å². The fourth-order valence-electron chi connectivity index (χ4n) is 1.84. The van der Waals surface area contributed by atoms with E-state index >= 15 is 0 Å². The number of hydrogen-bond acceptors (Lipinski definition) is 3. The van der Waals surface area contributed by atoms with Crippen molar-refractivity contribution in [2.75, 3.05) is 5.32 Å². The van der Waals surface area contributed by atoms with Crippen molar-refractivity contribution in [2.45, 2.75) is 0 Å². The number of nitrogens with zero attached hydrogens (tertiary/aromatic N) is 2. The molecule has 0 aliphatic carbocycles. The van der Waals surface area contributed by atoms with Gasteiger partial charge in [0.15, 0.2) is 0 Å². The lowest BCUT2D eigenvalue weighted by molar-refractivity contribution is -0.111. The molecule has 1 amide bonds. The Morgan fingerprint density at radius 3 is 2.85 bits per heavy atom. The predicted molar refractivity (Wildman–Crippen MR) is 78.0 cm³/mol. The van der Waals surface area contributed by atoms with E-state index in [1.807, 2.05) is 36.4 Å². The molecule has 1 aromatic heterocycles. The van der Waals surface area contributed by atoms with Crippen molar-refractivity contribution in [1.82, 2.24) is 15.4 Å². The van der Waals surface area contributed by atoms with Crippen molar-refractivity contribution < 1.29 is 4.79 Å². The van der Waals surface area contributed by atoms with Crippen LogP contribution in [0.2, 0.25) is 0 Å². The highest BCUT2D eigenvalue weighted by Gasteiger charge is 2.01. The number of H-pyrrole nitrogens is 1. The molecular formula is C15H12N4O. The topological polar surface area (TPSA) is 70.7 Å². The summed E-state index contributed by atoms with van der Waals surface area (Å²) in [5.41, 5.74) is 3.22. The number of aromatic amines is 1. The van der Waals surface area contributed by atoms with Gasteiger partial charge in [0, 0.05) is 11.8 Å². The molecule has 0 radical (unpaired) electrons. The molecule has 2 aromatic carbocycles. The number of fused-ring (bicyclic) bond motifs is 1. The highest BCUT2D eigenvalue weighted by atomic mass is 16.1. The first-order valence-corrected chi connectivity index (χ1v) is 6.16. The second-order valence-electron chi connectivity index (χ2n) is 4.28. The lowest BCUT2D eigenvalue weighted by atomic mass is 10.2. The Hall–Kier alpha value is -2.95. The minimum atomic E-state index is -0.184. The van der Waals surface area contributed by atoms with Gasteiger partial charge in [0.2, 0.25) is 5.91 Å². The van der Waals surface area contributed by atoms with Crippen molar-refractivity contribution >= 4 is 28.7 Å². The Bertz CT molecular complexity index is 762. The van der Waals surface area contributed by atoms with Crippen LogP contribution in [0, 0.1) is 0 Å². The maximum atomic E-state index is 11.8. The van der Waals surface area contributed by atoms with Gasteiger partial charge in [-0.1, -0.05) is 35.5 Å². The standard InChI is InChI=1S/C15H12N4O/c20-15(9-6-11-4-2-1-3-5-11)16-12-7-8-13-14(10-12)18-19-17-13/h1-10H,(H,16,20)(H,17,18,19)/b9-6+. The molecule has 5 heteroatoms. The lowest BCUT2D eigenvalue weighted by Crippen LogP contribution is -2.07. The first kappa shape index (κ1) is 12.1. The quantitative estimate of drug-likeness (QED) is 0.714. The summed E-state index contributed by atoms with van der Waals surface area (Å²) >= 11 is 0. The summed E-state index contributed by atoms with van der Waals surface area (Å²) in [5, 5.41) is 13.1. The summed E-state index contributed by atoms with van der Waals surface area (Å²) in [4.78, 5) is 11.8. The molecule has 0 saturated carbocycles. The van der Waals surface area contributed by atoms with Gasteiger partial charge < -0.3 is 5.32 Å². The smallest absolute Gasteiger partial charge is 0.248 e. The van der Waals surface area contributed by atoms with Gasteiger partial charge in [0.25, 0.3) is 0 Å². The van der Waals surface area contributed by atoms with Gasteiger partial charge in [-0.2, -0.15) is 0 Å². The maximum absolute atomic E-state index is 11.8. The van der Waals surface area contributed by atoms with E-state index in [1.54, 1.807) is 18.2 Å². The van der Waals surface area contributed by atoms with E-state index in [4.69, 9.17) is 0 Å². The summed E-state index contributed by atoms with van der Waals surface area (Å²) in [5.74, 6) is -0.184. The van der Waals surface area contributed by atoms with Gasteiger partial charge in [-0.15, -0.1) is 5.10 Å². The van der Waals surface area contributed by atoms with Gasteiger partial charge in [0.1, 0.15) is 5.52 Å². The zero-order chi connectivity index (χ0) is 13.8. The molecule has 0 spiro atoms. The van der Waals surface area contributed by atoms with Gasteiger partial charge in [0.05, 0.1) is 5.52 Å². The van der Waals surface area contributed by atoms with Crippen LogP contribution in [0.1, 0.15) is 5.56 Å². The van der Waals surface area contributed by atoms with Gasteiger partial charge in [-0.3, -0.25) is 9.89 Å². The number of aromatic nitrogens is 3. The summed E-state index contributed by atoms with van der Waals surface area (Å²) in [6.07, 6.45) is 3.27. The van der Waals surface area contributed by atoms with Crippen LogP contribution in [0.3, 0.4) is 0 Å². The number of benzene rings is 2. The number of hydrogen-bond donors (Lipinski definition) is 2. The third kappa shape index (κ3) is 2.72. The molecule has 3 rings (SSSR count). The molecule has 0 saturated heterocycles. The average molecular weight is 264 g/mol. The zero-order valence-electron chi connectivity index (χ0n) is 10.6. The van der Waals surface area contributed by atoms with Gasteiger partial charge >= 0.3 is 0 Å². The van der Waals surface area contributed by atoms with Crippen LogP contribution in [0.25, 0.3) is 17.1 Å². The number of rotatable bonds is 3. The van der Waals surface area contributed by atoms with Crippen LogP contribution >= 0.6 is 0 Å². The fraction of sp³-hybridized carbons (Fsp3) is 0. The molecule has 3 aromatic rings. The van der Waals surface area contributed by atoms with Crippen molar-refractivity contribution in [2.24, 2.45) is 0 Å². The largest absolute Gasteiger partial charge is 0.322 e. The molecule has 0 fully saturated rings. The highest BCUT2D eigenvalue weighted by Crippen LogP contribution is 2.14. The van der Waals surface area contributed by atoms with Crippen LogP contribution in [-0.2, 0) is 4.79 Å². The predicted octanol–water partition coefficient (Wildman–Crippen LogP) is 2.61. The summed E-state index contributed by atoms with van der Waals surface area (Å²) in [6, 6.07) is 15.1. The molecule has 20 heavy (non-hydrogen) atoms. The molecule has 0 unspecified atom stereocenters. The van der Waals surface area contributed by atoms with E-state index in [0.29, 0.717) is 5.69 Å². The minimum absolute atomic E-state index is 0.184. The maximum Gasteiger partial charge on any atom is 0.248 e. The van der Waals surface area contributed by atoms with E-state index in [-0.39, 0.29) is 5.91 Å². The van der Waals surface area contributed by atoms with Crippen molar-refractivity contribution in [1.29, 1.82) is 0 Å². The number of anilines is 1. The summed E-state index contributed by atoms with van der Waals surface area (Å²) in [7, 11) is 0. The number of nitrogens with one attached hydrogen (secondary N) is 2. The molecule has 2 N–H and O–H groups in total. The van der Waals surface area contributed by atoms with Crippen molar-refractivity contribution in [3.05, 3.63) is 60.2 Å². The van der Waals surface area contributed by atoms with Gasteiger partial charge in [-0.25, -0.2) is 0 Å². The Labute approximate surface area is 115 Å². The van der Waals surface area contributed by atoms with E-state index in [0.717, 1.165) is 16.6 Å². The molecule has 1 heterocycles. The second-order valence-corrected chi connectivity index (χ2v) is 4.28. The normalized spacial score (nSPS) is 11.0.